The summed E-state index contributed by atoms with van der Waals surface area (Å²) in [6.45, 7) is 0.664. The van der Waals surface area contributed by atoms with E-state index in [0.29, 0.717) is 6.54 Å². The van der Waals surface area contributed by atoms with Crippen LogP contribution >= 0.6 is 0 Å². The number of aromatic nitrogens is 5. The van der Waals surface area contributed by atoms with E-state index in [2.05, 4.69) is 33.7 Å². The fourth-order valence-electron chi connectivity index (χ4n) is 3.89. The number of nitrogens with one attached hydrogen (secondary N) is 1. The van der Waals surface area contributed by atoms with Crippen LogP contribution in [0.25, 0.3) is 22.6 Å². The van der Waals surface area contributed by atoms with Crippen molar-refractivity contribution in [1.29, 1.82) is 0 Å². The van der Waals surface area contributed by atoms with Gasteiger partial charge >= 0.3 is 0 Å². The van der Waals surface area contributed by atoms with E-state index in [4.69, 9.17) is 9.97 Å². The van der Waals surface area contributed by atoms with E-state index in [1.807, 2.05) is 42.1 Å². The maximum absolute atomic E-state index is 4.86. The van der Waals surface area contributed by atoms with E-state index < -0.39 is 0 Å². The zero-order valence-electron chi connectivity index (χ0n) is 16.3. The molecule has 5 rings (SSSR count). The number of fused-ring (bicyclic) bond motifs is 1. The van der Waals surface area contributed by atoms with E-state index >= 15 is 0 Å². The molecule has 29 heavy (non-hydrogen) atoms. The summed E-state index contributed by atoms with van der Waals surface area (Å²) in [6, 6.07) is 14.2. The molecular weight excluding hydrogens is 360 g/mol. The van der Waals surface area contributed by atoms with Gasteiger partial charge in [0.25, 0.3) is 0 Å². The Hall–Kier alpha value is -3.54. The molecule has 0 fully saturated rings. The number of hydrogen-bond acceptors (Lipinski definition) is 5. The summed E-state index contributed by atoms with van der Waals surface area (Å²) < 4.78 is 1.87. The topological polar surface area (TPSA) is 68.5 Å². The van der Waals surface area contributed by atoms with Gasteiger partial charge in [-0.05, 0) is 31.4 Å². The van der Waals surface area contributed by atoms with E-state index in [1.54, 1.807) is 12.4 Å². The molecule has 4 aromatic rings. The summed E-state index contributed by atoms with van der Waals surface area (Å²) in [5.41, 5.74) is 6.66. The van der Waals surface area contributed by atoms with Gasteiger partial charge in [-0.2, -0.15) is 5.10 Å². The van der Waals surface area contributed by atoms with Crippen LogP contribution in [-0.2, 0) is 26.4 Å². The molecule has 6 nitrogen and oxygen atoms in total. The lowest BCUT2D eigenvalue weighted by Gasteiger charge is -2.12. The summed E-state index contributed by atoms with van der Waals surface area (Å²) in [6.07, 6.45) is 8.78. The van der Waals surface area contributed by atoms with Gasteiger partial charge in [-0.25, -0.2) is 9.97 Å². The Morgan fingerprint density at radius 2 is 1.79 bits per heavy atom. The predicted octanol–water partition coefficient (Wildman–Crippen LogP) is 4.04. The van der Waals surface area contributed by atoms with Gasteiger partial charge in [0.1, 0.15) is 5.82 Å². The lowest BCUT2D eigenvalue weighted by molar-refractivity contribution is 0.770. The first kappa shape index (κ1) is 17.6. The van der Waals surface area contributed by atoms with Crippen molar-refractivity contribution in [3.05, 3.63) is 77.9 Å². The quantitative estimate of drug-likeness (QED) is 0.564. The Morgan fingerprint density at radius 3 is 2.62 bits per heavy atom. The Bertz CT molecular complexity index is 1140. The molecule has 0 amide bonds. The lowest BCUT2D eigenvalue weighted by atomic mass is 10.1. The first-order valence-electron chi connectivity index (χ1n) is 9.90. The molecule has 0 aliphatic heterocycles. The fourth-order valence-corrected chi connectivity index (χ4v) is 3.89. The van der Waals surface area contributed by atoms with Gasteiger partial charge in [0.15, 0.2) is 5.82 Å². The molecule has 1 aromatic carbocycles. The van der Waals surface area contributed by atoms with Crippen LogP contribution in [0, 0.1) is 0 Å². The number of pyridine rings is 1. The van der Waals surface area contributed by atoms with Crippen LogP contribution in [0.4, 0.5) is 5.82 Å². The third-order valence-corrected chi connectivity index (χ3v) is 5.27. The van der Waals surface area contributed by atoms with E-state index in [-0.39, 0.29) is 0 Å². The van der Waals surface area contributed by atoms with E-state index in [0.717, 1.165) is 59.0 Å². The summed E-state index contributed by atoms with van der Waals surface area (Å²) in [5, 5.41) is 8.24. The monoisotopic (exact) mass is 382 g/mol. The van der Waals surface area contributed by atoms with Crippen molar-refractivity contribution in [3.8, 4) is 22.6 Å². The van der Waals surface area contributed by atoms with Gasteiger partial charge < -0.3 is 5.32 Å². The highest BCUT2D eigenvalue weighted by Crippen LogP contribution is 2.30. The standard InChI is InChI=1S/C23H22N6/c1-29-15-18(21(28-29)16-6-3-2-4-7-16)14-25-23-19-8-5-9-20(19)26-22(27-23)17-10-12-24-13-11-17/h2-4,6-7,10-13,15H,5,8-9,14H2,1H3,(H,25,26,27). The molecule has 3 aromatic heterocycles. The molecule has 0 bridgehead atoms. The highest BCUT2D eigenvalue weighted by atomic mass is 15.3. The maximum Gasteiger partial charge on any atom is 0.161 e. The minimum absolute atomic E-state index is 0.664. The second-order valence-corrected chi connectivity index (χ2v) is 7.31. The Balaban J connectivity index is 1.47. The van der Waals surface area contributed by atoms with Gasteiger partial charge in [0.05, 0.1) is 5.69 Å². The van der Waals surface area contributed by atoms with Gasteiger partial charge in [0, 0.05) is 60.1 Å². The molecule has 144 valence electrons. The van der Waals surface area contributed by atoms with Crippen molar-refractivity contribution in [2.45, 2.75) is 25.8 Å². The minimum Gasteiger partial charge on any atom is -0.365 e. The molecular formula is C23H22N6. The second-order valence-electron chi connectivity index (χ2n) is 7.31. The van der Waals surface area contributed by atoms with Gasteiger partial charge in [-0.15, -0.1) is 0 Å². The number of benzene rings is 1. The van der Waals surface area contributed by atoms with Crippen LogP contribution in [0.2, 0.25) is 0 Å². The largest absolute Gasteiger partial charge is 0.365 e. The van der Waals surface area contributed by atoms with Gasteiger partial charge in [0.2, 0.25) is 0 Å². The highest BCUT2D eigenvalue weighted by Gasteiger charge is 2.20. The van der Waals surface area contributed by atoms with Crippen LogP contribution in [0.15, 0.2) is 61.1 Å². The second kappa shape index (κ2) is 7.47. The lowest BCUT2D eigenvalue weighted by Crippen LogP contribution is -2.08. The predicted molar refractivity (Wildman–Crippen MR) is 113 cm³/mol. The third kappa shape index (κ3) is 3.49. The summed E-state index contributed by atoms with van der Waals surface area (Å²) in [4.78, 5) is 13.8. The number of anilines is 1. The van der Waals surface area contributed by atoms with Crippen LogP contribution < -0.4 is 5.32 Å². The molecule has 3 heterocycles. The van der Waals surface area contributed by atoms with Gasteiger partial charge in [-0.1, -0.05) is 30.3 Å². The number of hydrogen-bond donors (Lipinski definition) is 1. The highest BCUT2D eigenvalue weighted by molar-refractivity contribution is 5.64. The number of rotatable bonds is 5. The van der Waals surface area contributed by atoms with Crippen molar-refractivity contribution >= 4 is 5.82 Å². The van der Waals surface area contributed by atoms with Crippen molar-refractivity contribution in [3.63, 3.8) is 0 Å². The van der Waals surface area contributed by atoms with Crippen LogP contribution in [0.5, 0.6) is 0 Å². The van der Waals surface area contributed by atoms with Crippen molar-refractivity contribution < 1.29 is 0 Å². The summed E-state index contributed by atoms with van der Waals surface area (Å²) in [5.74, 6) is 1.69. The molecule has 0 atom stereocenters. The van der Waals surface area contributed by atoms with E-state index in [9.17, 15) is 0 Å². The maximum atomic E-state index is 4.86. The fraction of sp³-hybridized carbons (Fsp3) is 0.217. The molecule has 1 N–H and O–H groups in total. The molecule has 0 saturated heterocycles. The molecule has 6 heteroatoms. The van der Waals surface area contributed by atoms with E-state index in [1.165, 1.54) is 5.56 Å². The zero-order chi connectivity index (χ0) is 19.6. The Labute approximate surface area is 169 Å². The third-order valence-electron chi connectivity index (χ3n) is 5.27. The smallest absolute Gasteiger partial charge is 0.161 e. The zero-order valence-corrected chi connectivity index (χ0v) is 16.3. The van der Waals surface area contributed by atoms with Crippen LogP contribution in [-0.4, -0.2) is 24.7 Å². The Kier molecular flexibility index (Phi) is 4.52. The minimum atomic E-state index is 0.664. The summed E-state index contributed by atoms with van der Waals surface area (Å²) >= 11 is 0. The number of nitrogens with zero attached hydrogens (tertiary/aromatic N) is 5. The normalized spacial score (nSPS) is 12.7. The van der Waals surface area contributed by atoms with Crippen molar-refractivity contribution in [1.82, 2.24) is 24.7 Å². The average Bonchev–Trinajstić information content (AvgIpc) is 3.39. The average molecular weight is 382 g/mol. The molecule has 0 unspecified atom stereocenters. The Morgan fingerprint density at radius 1 is 0.966 bits per heavy atom. The van der Waals surface area contributed by atoms with Crippen molar-refractivity contribution in [2.24, 2.45) is 7.05 Å². The molecule has 1 aliphatic carbocycles. The van der Waals surface area contributed by atoms with Crippen molar-refractivity contribution in [2.75, 3.05) is 5.32 Å². The SMILES string of the molecule is Cn1cc(CNc2nc(-c3ccncc3)nc3c2CCC3)c(-c2ccccc2)n1. The molecule has 0 spiro atoms. The first-order valence-corrected chi connectivity index (χ1v) is 9.90. The summed E-state index contributed by atoms with van der Waals surface area (Å²) in [7, 11) is 1.96. The van der Waals surface area contributed by atoms with Crippen LogP contribution in [0.1, 0.15) is 23.2 Å². The first-order chi connectivity index (χ1) is 14.3. The van der Waals surface area contributed by atoms with Crippen LogP contribution in [0.3, 0.4) is 0 Å². The molecule has 0 saturated carbocycles. The molecule has 0 radical (unpaired) electrons. The van der Waals surface area contributed by atoms with Gasteiger partial charge in [-0.3, -0.25) is 9.67 Å². The number of aryl methyl sites for hydroxylation is 2. The molecule has 1 aliphatic rings.